The van der Waals surface area contributed by atoms with Crippen molar-refractivity contribution in [2.24, 2.45) is 7.05 Å². The molecule has 184 valence electrons. The summed E-state index contributed by atoms with van der Waals surface area (Å²) in [5.41, 5.74) is 2.91. The third-order valence-corrected chi connectivity index (χ3v) is 7.27. The third-order valence-electron chi connectivity index (χ3n) is 6.92. The minimum Gasteiger partial charge on any atom is -0.336 e. The second-order valence-electron chi connectivity index (χ2n) is 9.28. The fourth-order valence-electron chi connectivity index (χ4n) is 4.66. The summed E-state index contributed by atoms with van der Waals surface area (Å²) in [6.45, 7) is 3.15. The lowest BCUT2D eigenvalue weighted by Gasteiger charge is -2.20. The van der Waals surface area contributed by atoms with E-state index in [0.717, 1.165) is 23.0 Å². The molecule has 1 aliphatic rings. The molecular formula is C26H25ClFN7O. The van der Waals surface area contributed by atoms with Crippen molar-refractivity contribution in [2.75, 3.05) is 27.2 Å². The highest BCUT2D eigenvalue weighted by Gasteiger charge is 2.32. The monoisotopic (exact) mass is 505 g/mol. The van der Waals surface area contributed by atoms with Gasteiger partial charge in [0.05, 0.1) is 11.1 Å². The number of nitriles is 1. The Morgan fingerprint density at radius 1 is 1.25 bits per heavy atom. The second kappa shape index (κ2) is 9.04. The number of benzene rings is 2. The van der Waals surface area contributed by atoms with E-state index in [9.17, 15) is 9.18 Å². The molecule has 2 aromatic carbocycles. The van der Waals surface area contributed by atoms with Gasteiger partial charge in [-0.3, -0.25) is 14.0 Å². The van der Waals surface area contributed by atoms with Crippen LogP contribution in [0.4, 0.5) is 4.39 Å². The summed E-state index contributed by atoms with van der Waals surface area (Å²) >= 11 is 6.86. The van der Waals surface area contributed by atoms with Crippen LogP contribution in [0.1, 0.15) is 28.2 Å². The fourth-order valence-corrected chi connectivity index (χ4v) is 4.96. The number of likely N-dealkylation sites (N-methyl/N-ethyl adjacent to an activating group) is 1. The number of carbonyl (C=O) groups excluding carboxylic acids is 1. The third kappa shape index (κ3) is 3.92. The summed E-state index contributed by atoms with van der Waals surface area (Å²) in [5.74, 6) is -0.617. The lowest BCUT2D eigenvalue weighted by atomic mass is 10.1. The summed E-state index contributed by atoms with van der Waals surface area (Å²) in [7, 11) is 5.86. The zero-order valence-corrected chi connectivity index (χ0v) is 21.2. The first-order valence-corrected chi connectivity index (χ1v) is 11.9. The molecule has 1 saturated heterocycles. The summed E-state index contributed by atoms with van der Waals surface area (Å²) in [5, 5.41) is 14.7. The van der Waals surface area contributed by atoms with E-state index in [0.29, 0.717) is 30.2 Å². The van der Waals surface area contributed by atoms with Crippen LogP contribution < -0.4 is 0 Å². The molecule has 0 N–H and O–H groups in total. The molecule has 4 aromatic rings. The number of carbonyl (C=O) groups is 1. The molecule has 1 amide bonds. The van der Waals surface area contributed by atoms with Crippen LogP contribution in [0.5, 0.6) is 0 Å². The van der Waals surface area contributed by atoms with Crippen LogP contribution in [0.15, 0.2) is 36.4 Å². The first-order chi connectivity index (χ1) is 17.2. The number of aromatic nitrogens is 4. The minimum atomic E-state index is -0.666. The smallest absolute Gasteiger partial charge is 0.275 e. The highest BCUT2D eigenvalue weighted by Crippen LogP contribution is 2.33. The summed E-state index contributed by atoms with van der Waals surface area (Å²) in [6.07, 6.45) is 0.863. The molecule has 1 fully saturated rings. The SMILES string of the molecule is Cc1c2cc(-n3c(-c4ccc(C#N)c(F)c4)nc(C(=O)N4CC[C@H](N(C)C)C4)c3Cl)ccc2nn1C. The Morgan fingerprint density at radius 2 is 2.03 bits per heavy atom. The standard InChI is InChI=1S/C26H25ClFN7O/c1-15-20-12-18(7-8-22(20)31-33(15)4)35-24(27)23(26(36)34-10-9-19(14-34)32(2)3)30-25(35)16-5-6-17(13-29)21(28)11-16/h5-8,11-12,19H,9-10,14H2,1-4H3/t19-/m0/s1. The zero-order valence-electron chi connectivity index (χ0n) is 20.5. The van der Waals surface area contributed by atoms with Crippen molar-refractivity contribution in [1.82, 2.24) is 29.1 Å². The van der Waals surface area contributed by atoms with Gasteiger partial charge in [0.2, 0.25) is 0 Å². The number of likely N-dealkylation sites (tertiary alicyclic amines) is 1. The van der Waals surface area contributed by atoms with Gasteiger partial charge in [-0.25, -0.2) is 9.37 Å². The van der Waals surface area contributed by atoms with Crippen LogP contribution in [0.2, 0.25) is 5.15 Å². The molecular weight excluding hydrogens is 481 g/mol. The predicted octanol–water partition coefficient (Wildman–Crippen LogP) is 4.17. The number of hydrogen-bond donors (Lipinski definition) is 0. The van der Waals surface area contributed by atoms with Gasteiger partial charge in [0.25, 0.3) is 5.91 Å². The molecule has 8 nitrogen and oxygen atoms in total. The lowest BCUT2D eigenvalue weighted by molar-refractivity contribution is 0.0778. The maximum absolute atomic E-state index is 14.6. The number of aryl methyl sites for hydroxylation is 2. The summed E-state index contributed by atoms with van der Waals surface area (Å²) < 4.78 is 18.0. The van der Waals surface area contributed by atoms with Gasteiger partial charge >= 0.3 is 0 Å². The van der Waals surface area contributed by atoms with Crippen LogP contribution in [-0.4, -0.2) is 68.3 Å². The van der Waals surface area contributed by atoms with Crippen molar-refractivity contribution in [3.8, 4) is 23.1 Å². The molecule has 3 heterocycles. The molecule has 10 heteroatoms. The Hall–Kier alpha value is -3.74. The van der Waals surface area contributed by atoms with Crippen molar-refractivity contribution in [1.29, 1.82) is 5.26 Å². The van der Waals surface area contributed by atoms with E-state index in [-0.39, 0.29) is 28.4 Å². The van der Waals surface area contributed by atoms with Gasteiger partial charge < -0.3 is 9.80 Å². The number of halogens is 2. The van der Waals surface area contributed by atoms with E-state index in [2.05, 4.69) is 15.0 Å². The Morgan fingerprint density at radius 3 is 2.69 bits per heavy atom. The molecule has 0 bridgehead atoms. The Balaban J connectivity index is 1.67. The molecule has 1 aliphatic heterocycles. The first kappa shape index (κ1) is 24.0. The number of imidazole rings is 1. The number of nitrogens with zero attached hydrogens (tertiary/aromatic N) is 7. The number of fused-ring (bicyclic) bond motifs is 1. The minimum absolute atomic E-state index is 0.0709. The molecule has 0 unspecified atom stereocenters. The summed E-state index contributed by atoms with van der Waals surface area (Å²) in [4.78, 5) is 22.0. The molecule has 5 rings (SSSR count). The average Bonchev–Trinajstić information content (AvgIpc) is 3.55. The normalized spacial score (nSPS) is 15.7. The van der Waals surface area contributed by atoms with E-state index >= 15 is 0 Å². The first-order valence-electron chi connectivity index (χ1n) is 11.6. The van der Waals surface area contributed by atoms with Crippen molar-refractivity contribution in [3.63, 3.8) is 0 Å². The molecule has 36 heavy (non-hydrogen) atoms. The maximum Gasteiger partial charge on any atom is 0.275 e. The quantitative estimate of drug-likeness (QED) is 0.415. The van der Waals surface area contributed by atoms with E-state index in [1.807, 2.05) is 52.3 Å². The van der Waals surface area contributed by atoms with Crippen LogP contribution >= 0.6 is 11.6 Å². The van der Waals surface area contributed by atoms with Crippen molar-refractivity contribution < 1.29 is 9.18 Å². The molecule has 0 saturated carbocycles. The lowest BCUT2D eigenvalue weighted by Crippen LogP contribution is -2.34. The van der Waals surface area contributed by atoms with Crippen LogP contribution in [0.25, 0.3) is 28.0 Å². The van der Waals surface area contributed by atoms with Crippen molar-refractivity contribution in [2.45, 2.75) is 19.4 Å². The Labute approximate surface area is 213 Å². The molecule has 2 aromatic heterocycles. The molecule has 0 spiro atoms. The molecule has 0 radical (unpaired) electrons. The predicted molar refractivity (Wildman–Crippen MR) is 136 cm³/mol. The Kier molecular flexibility index (Phi) is 6.02. The van der Waals surface area contributed by atoms with E-state index in [1.54, 1.807) is 20.2 Å². The van der Waals surface area contributed by atoms with Gasteiger partial charge in [0.15, 0.2) is 5.69 Å². The van der Waals surface area contributed by atoms with Gasteiger partial charge in [0, 0.05) is 48.5 Å². The zero-order chi connectivity index (χ0) is 25.7. The maximum atomic E-state index is 14.6. The van der Waals surface area contributed by atoms with E-state index in [4.69, 9.17) is 16.9 Å². The number of rotatable bonds is 4. The second-order valence-corrected chi connectivity index (χ2v) is 9.64. The number of hydrogen-bond acceptors (Lipinski definition) is 5. The number of amides is 1. The van der Waals surface area contributed by atoms with E-state index < -0.39 is 5.82 Å². The largest absolute Gasteiger partial charge is 0.336 e. The van der Waals surface area contributed by atoms with Crippen molar-refractivity contribution in [3.05, 3.63) is 64.3 Å². The summed E-state index contributed by atoms with van der Waals surface area (Å²) in [6, 6.07) is 12.0. The van der Waals surface area contributed by atoms with Crippen LogP contribution in [0, 0.1) is 24.1 Å². The van der Waals surface area contributed by atoms with Gasteiger partial charge in [-0.1, -0.05) is 11.6 Å². The Bertz CT molecular complexity index is 1550. The topological polar surface area (TPSA) is 83.0 Å². The van der Waals surface area contributed by atoms with Crippen LogP contribution in [0.3, 0.4) is 0 Å². The van der Waals surface area contributed by atoms with Crippen molar-refractivity contribution >= 4 is 28.4 Å². The average molecular weight is 506 g/mol. The van der Waals surface area contributed by atoms with Gasteiger partial charge in [-0.05, 0) is 63.8 Å². The van der Waals surface area contributed by atoms with Gasteiger partial charge in [-0.2, -0.15) is 10.4 Å². The van der Waals surface area contributed by atoms with Gasteiger partial charge in [-0.15, -0.1) is 0 Å². The highest BCUT2D eigenvalue weighted by molar-refractivity contribution is 6.33. The molecule has 1 atom stereocenters. The highest BCUT2D eigenvalue weighted by atomic mass is 35.5. The van der Waals surface area contributed by atoms with Gasteiger partial charge in [0.1, 0.15) is 22.9 Å². The fraction of sp³-hybridized carbons (Fsp3) is 0.308. The molecule has 0 aliphatic carbocycles. The van der Waals surface area contributed by atoms with E-state index in [1.165, 1.54) is 12.1 Å². The van der Waals surface area contributed by atoms with Crippen LogP contribution in [-0.2, 0) is 7.05 Å².